The van der Waals surface area contributed by atoms with Crippen molar-refractivity contribution in [2.24, 2.45) is 0 Å². The second-order valence-corrected chi connectivity index (χ2v) is 5.93. The van der Waals surface area contributed by atoms with E-state index in [9.17, 15) is 5.11 Å². The predicted molar refractivity (Wildman–Crippen MR) is 97.3 cm³/mol. The number of hydrogen-bond donors (Lipinski definition) is 1. The van der Waals surface area contributed by atoms with Crippen molar-refractivity contribution in [2.75, 3.05) is 0 Å². The second-order valence-electron chi connectivity index (χ2n) is 5.93. The number of phenols is 1. The van der Waals surface area contributed by atoms with Gasteiger partial charge in [-0.2, -0.15) is 0 Å². The molecule has 0 radical (unpaired) electrons. The van der Waals surface area contributed by atoms with Crippen LogP contribution in [-0.4, -0.2) is 5.11 Å². The molecule has 0 saturated carbocycles. The van der Waals surface area contributed by atoms with E-state index in [1.165, 1.54) is 50.5 Å². The van der Waals surface area contributed by atoms with E-state index in [0.29, 0.717) is 5.75 Å². The maximum atomic E-state index is 9.40. The summed E-state index contributed by atoms with van der Waals surface area (Å²) in [7, 11) is 0. The number of benzene rings is 1. The van der Waals surface area contributed by atoms with Crippen molar-refractivity contribution in [1.82, 2.24) is 0 Å². The first-order valence-corrected chi connectivity index (χ1v) is 8.91. The number of unbranched alkanes of at least 4 members (excludes halogenated alkanes) is 6. The number of aryl methyl sites for hydroxylation is 1. The lowest BCUT2D eigenvalue weighted by Gasteiger charge is -2.00. The van der Waals surface area contributed by atoms with Gasteiger partial charge in [0.1, 0.15) is 5.75 Å². The van der Waals surface area contributed by atoms with Gasteiger partial charge in [0.15, 0.2) is 0 Å². The van der Waals surface area contributed by atoms with Crippen LogP contribution < -0.4 is 0 Å². The fourth-order valence-electron chi connectivity index (χ4n) is 2.47. The molecule has 0 heterocycles. The quantitative estimate of drug-likeness (QED) is 0.341. The van der Waals surface area contributed by atoms with Crippen molar-refractivity contribution in [3.8, 4) is 5.75 Å². The van der Waals surface area contributed by atoms with Gasteiger partial charge in [-0.3, -0.25) is 0 Å². The normalized spacial score (nSPS) is 11.7. The summed E-state index contributed by atoms with van der Waals surface area (Å²) in [6, 6.07) is 7.57. The Balaban J connectivity index is 1.94. The zero-order chi connectivity index (χ0) is 15.9. The summed E-state index contributed by atoms with van der Waals surface area (Å²) in [6.07, 6.45) is 21.5. The largest absolute Gasteiger partial charge is 0.508 e. The SMILES string of the molecule is CCCCC/C=C/CCC/C=C/CCCc1cccc(O)c1. The van der Waals surface area contributed by atoms with Crippen molar-refractivity contribution in [3.63, 3.8) is 0 Å². The third kappa shape index (κ3) is 10.3. The molecule has 0 aliphatic rings. The Hall–Kier alpha value is -1.50. The Kier molecular flexibility index (Phi) is 11.1. The Labute approximate surface area is 136 Å². The van der Waals surface area contributed by atoms with Crippen LogP contribution in [0.1, 0.15) is 70.3 Å². The smallest absolute Gasteiger partial charge is 0.115 e. The van der Waals surface area contributed by atoms with Gasteiger partial charge in [0.25, 0.3) is 0 Å². The Morgan fingerprint density at radius 3 is 2.09 bits per heavy atom. The summed E-state index contributed by atoms with van der Waals surface area (Å²) in [6.45, 7) is 2.25. The fraction of sp³-hybridized carbons (Fsp3) is 0.524. The zero-order valence-corrected chi connectivity index (χ0v) is 14.1. The highest BCUT2D eigenvalue weighted by Gasteiger charge is 1.93. The first kappa shape index (κ1) is 18.5. The van der Waals surface area contributed by atoms with E-state index < -0.39 is 0 Å². The minimum absolute atomic E-state index is 0.371. The third-order valence-electron chi connectivity index (χ3n) is 3.80. The third-order valence-corrected chi connectivity index (χ3v) is 3.80. The molecule has 0 aliphatic heterocycles. The van der Waals surface area contributed by atoms with Crippen LogP contribution in [0, 0.1) is 0 Å². The summed E-state index contributed by atoms with van der Waals surface area (Å²) in [5.74, 6) is 0.371. The molecule has 1 heteroatoms. The van der Waals surface area contributed by atoms with E-state index in [1.54, 1.807) is 6.07 Å². The summed E-state index contributed by atoms with van der Waals surface area (Å²) in [4.78, 5) is 0. The molecule has 22 heavy (non-hydrogen) atoms. The maximum absolute atomic E-state index is 9.40. The van der Waals surface area contributed by atoms with Gasteiger partial charge in [0.2, 0.25) is 0 Å². The monoisotopic (exact) mass is 300 g/mol. The molecule has 0 spiro atoms. The Bertz CT molecular complexity index is 431. The summed E-state index contributed by atoms with van der Waals surface area (Å²) >= 11 is 0. The molecular formula is C21H32O. The summed E-state index contributed by atoms with van der Waals surface area (Å²) in [5, 5.41) is 9.40. The summed E-state index contributed by atoms with van der Waals surface area (Å²) in [5.41, 5.74) is 1.22. The van der Waals surface area contributed by atoms with Crippen molar-refractivity contribution in [3.05, 3.63) is 54.1 Å². The highest BCUT2D eigenvalue weighted by Crippen LogP contribution is 2.13. The zero-order valence-electron chi connectivity index (χ0n) is 14.1. The number of hydrogen-bond acceptors (Lipinski definition) is 1. The molecule has 0 aromatic heterocycles. The van der Waals surface area contributed by atoms with E-state index in [0.717, 1.165) is 19.3 Å². The van der Waals surface area contributed by atoms with Gasteiger partial charge in [-0.1, -0.05) is 56.2 Å². The molecule has 122 valence electrons. The molecular weight excluding hydrogens is 268 g/mol. The molecule has 0 unspecified atom stereocenters. The topological polar surface area (TPSA) is 20.2 Å². The van der Waals surface area contributed by atoms with Crippen LogP contribution in [0.2, 0.25) is 0 Å². The molecule has 1 nitrogen and oxygen atoms in total. The lowest BCUT2D eigenvalue weighted by atomic mass is 10.1. The molecule has 0 bridgehead atoms. The van der Waals surface area contributed by atoms with E-state index in [2.05, 4.69) is 37.3 Å². The highest BCUT2D eigenvalue weighted by atomic mass is 16.3. The minimum atomic E-state index is 0.371. The Morgan fingerprint density at radius 1 is 0.818 bits per heavy atom. The molecule has 1 rings (SSSR count). The van der Waals surface area contributed by atoms with Gasteiger partial charge in [0.05, 0.1) is 0 Å². The molecule has 1 aromatic rings. The average molecular weight is 300 g/mol. The number of rotatable bonds is 12. The van der Waals surface area contributed by atoms with Crippen LogP contribution >= 0.6 is 0 Å². The Morgan fingerprint density at radius 2 is 1.45 bits per heavy atom. The molecule has 1 aromatic carbocycles. The molecule has 0 saturated heterocycles. The number of allylic oxidation sites excluding steroid dienone is 4. The fourth-order valence-corrected chi connectivity index (χ4v) is 2.47. The highest BCUT2D eigenvalue weighted by molar-refractivity contribution is 5.27. The summed E-state index contributed by atoms with van der Waals surface area (Å²) < 4.78 is 0. The lowest BCUT2D eigenvalue weighted by molar-refractivity contribution is 0.474. The van der Waals surface area contributed by atoms with Crippen molar-refractivity contribution < 1.29 is 5.11 Å². The maximum Gasteiger partial charge on any atom is 0.115 e. The van der Waals surface area contributed by atoms with Gasteiger partial charge < -0.3 is 5.11 Å². The van der Waals surface area contributed by atoms with Crippen LogP contribution in [0.4, 0.5) is 0 Å². The van der Waals surface area contributed by atoms with Crippen LogP contribution in [0.3, 0.4) is 0 Å². The molecule has 1 N–H and O–H groups in total. The molecule has 0 amide bonds. The average Bonchev–Trinajstić information content (AvgIpc) is 2.52. The van der Waals surface area contributed by atoms with Crippen LogP contribution in [0.5, 0.6) is 5.75 Å². The lowest BCUT2D eigenvalue weighted by Crippen LogP contribution is -1.83. The van der Waals surface area contributed by atoms with Crippen LogP contribution in [-0.2, 0) is 6.42 Å². The number of phenolic OH excluding ortho intramolecular Hbond substituents is 1. The minimum Gasteiger partial charge on any atom is -0.508 e. The van der Waals surface area contributed by atoms with Crippen molar-refractivity contribution >= 4 is 0 Å². The van der Waals surface area contributed by atoms with E-state index >= 15 is 0 Å². The first-order valence-electron chi connectivity index (χ1n) is 8.91. The number of aromatic hydroxyl groups is 1. The van der Waals surface area contributed by atoms with Crippen LogP contribution in [0.25, 0.3) is 0 Å². The van der Waals surface area contributed by atoms with Crippen molar-refractivity contribution in [2.45, 2.75) is 71.1 Å². The van der Waals surface area contributed by atoms with Crippen LogP contribution in [0.15, 0.2) is 48.6 Å². The standard InChI is InChI=1S/C21H32O/c1-2-3-4-5-6-7-8-9-10-11-12-13-14-16-20-17-15-18-21(22)19-20/h6-7,11-12,15,17-19,22H,2-5,8-10,13-14,16H2,1H3/b7-6+,12-11+. The predicted octanol–water partition coefficient (Wildman–Crippen LogP) is 6.58. The van der Waals surface area contributed by atoms with E-state index in [1.807, 2.05) is 12.1 Å². The van der Waals surface area contributed by atoms with Gasteiger partial charge in [-0.25, -0.2) is 0 Å². The second kappa shape index (κ2) is 13.2. The molecule has 0 atom stereocenters. The van der Waals surface area contributed by atoms with Crippen molar-refractivity contribution in [1.29, 1.82) is 0 Å². The van der Waals surface area contributed by atoms with E-state index in [-0.39, 0.29) is 0 Å². The van der Waals surface area contributed by atoms with E-state index in [4.69, 9.17) is 0 Å². The van der Waals surface area contributed by atoms with Gasteiger partial charge in [-0.15, -0.1) is 0 Å². The van der Waals surface area contributed by atoms with Gasteiger partial charge in [0, 0.05) is 0 Å². The van der Waals surface area contributed by atoms with Gasteiger partial charge in [-0.05, 0) is 69.1 Å². The molecule has 0 fully saturated rings. The van der Waals surface area contributed by atoms with Gasteiger partial charge >= 0.3 is 0 Å². The molecule has 0 aliphatic carbocycles. The first-order chi connectivity index (χ1) is 10.8.